The fourth-order valence-electron chi connectivity index (χ4n) is 1.99. The van der Waals surface area contributed by atoms with Crippen molar-refractivity contribution in [2.45, 2.75) is 26.0 Å². The lowest BCUT2D eigenvalue weighted by molar-refractivity contribution is 0.0952. The van der Waals surface area contributed by atoms with Crippen LogP contribution in [-0.4, -0.2) is 18.5 Å². The van der Waals surface area contributed by atoms with Crippen LogP contribution >= 0.6 is 24.0 Å². The van der Waals surface area contributed by atoms with Crippen molar-refractivity contribution in [3.05, 3.63) is 64.7 Å². The Morgan fingerprint density at radius 1 is 1.25 bits per heavy atom. The Morgan fingerprint density at radius 3 is 2.62 bits per heavy atom. The summed E-state index contributed by atoms with van der Waals surface area (Å²) < 4.78 is 5.72. The van der Waals surface area contributed by atoms with E-state index in [9.17, 15) is 4.79 Å². The molecule has 0 radical (unpaired) electrons. The minimum absolute atomic E-state index is 0. The van der Waals surface area contributed by atoms with Gasteiger partial charge in [0.1, 0.15) is 12.4 Å². The maximum absolute atomic E-state index is 12.1. The van der Waals surface area contributed by atoms with Crippen LogP contribution in [0.15, 0.2) is 48.5 Å². The van der Waals surface area contributed by atoms with Gasteiger partial charge >= 0.3 is 0 Å². The number of amides is 1. The SMILES string of the molecule is CC(N)CCNC(=O)c1cccc(OCc2ccc(Cl)cc2)c1.Cl. The summed E-state index contributed by atoms with van der Waals surface area (Å²) >= 11 is 5.85. The van der Waals surface area contributed by atoms with Gasteiger partial charge in [0.15, 0.2) is 0 Å². The normalized spacial score (nSPS) is 11.3. The highest BCUT2D eigenvalue weighted by Gasteiger charge is 2.07. The molecule has 24 heavy (non-hydrogen) atoms. The molecule has 0 bridgehead atoms. The first-order chi connectivity index (χ1) is 11.0. The molecule has 0 fully saturated rings. The predicted molar refractivity (Wildman–Crippen MR) is 100 cm³/mol. The Morgan fingerprint density at radius 2 is 1.96 bits per heavy atom. The van der Waals surface area contributed by atoms with Crippen LogP contribution in [0.25, 0.3) is 0 Å². The van der Waals surface area contributed by atoms with Crippen LogP contribution in [0.5, 0.6) is 5.75 Å². The molecule has 4 nitrogen and oxygen atoms in total. The summed E-state index contributed by atoms with van der Waals surface area (Å²) in [5.41, 5.74) is 7.25. The van der Waals surface area contributed by atoms with E-state index in [1.54, 1.807) is 18.2 Å². The van der Waals surface area contributed by atoms with E-state index >= 15 is 0 Å². The summed E-state index contributed by atoms with van der Waals surface area (Å²) in [4.78, 5) is 12.1. The molecule has 130 valence electrons. The van der Waals surface area contributed by atoms with E-state index in [2.05, 4.69) is 5.32 Å². The highest BCUT2D eigenvalue weighted by Crippen LogP contribution is 2.16. The van der Waals surface area contributed by atoms with E-state index in [1.165, 1.54) is 0 Å². The quantitative estimate of drug-likeness (QED) is 0.780. The third-order valence-electron chi connectivity index (χ3n) is 3.30. The van der Waals surface area contributed by atoms with Crippen molar-refractivity contribution in [3.8, 4) is 5.75 Å². The summed E-state index contributed by atoms with van der Waals surface area (Å²) in [7, 11) is 0. The summed E-state index contributed by atoms with van der Waals surface area (Å²) in [6, 6.07) is 14.7. The van der Waals surface area contributed by atoms with Gasteiger partial charge in [-0.3, -0.25) is 4.79 Å². The van der Waals surface area contributed by atoms with E-state index in [-0.39, 0.29) is 24.4 Å². The van der Waals surface area contributed by atoms with Crippen LogP contribution in [0.2, 0.25) is 5.02 Å². The molecule has 0 heterocycles. The van der Waals surface area contributed by atoms with Gasteiger partial charge in [0.05, 0.1) is 0 Å². The number of hydrogen-bond acceptors (Lipinski definition) is 3. The van der Waals surface area contributed by atoms with Crippen LogP contribution in [0, 0.1) is 0 Å². The highest BCUT2D eigenvalue weighted by molar-refractivity contribution is 6.30. The number of halogens is 2. The number of hydrogen-bond donors (Lipinski definition) is 2. The van der Waals surface area contributed by atoms with Crippen LogP contribution in [0.1, 0.15) is 29.3 Å². The molecule has 1 unspecified atom stereocenters. The third-order valence-corrected chi connectivity index (χ3v) is 3.55. The minimum atomic E-state index is -0.123. The second kappa shape index (κ2) is 10.2. The van der Waals surface area contributed by atoms with Crippen LogP contribution in [0.3, 0.4) is 0 Å². The van der Waals surface area contributed by atoms with Crippen LogP contribution in [-0.2, 0) is 6.61 Å². The zero-order chi connectivity index (χ0) is 16.7. The predicted octanol–water partition coefficient (Wildman–Crippen LogP) is 3.81. The summed E-state index contributed by atoms with van der Waals surface area (Å²) in [6.45, 7) is 2.90. The molecule has 2 rings (SSSR count). The smallest absolute Gasteiger partial charge is 0.251 e. The number of nitrogens with two attached hydrogens (primary N) is 1. The number of benzene rings is 2. The molecule has 6 heteroatoms. The molecular formula is C18H22Cl2N2O2. The lowest BCUT2D eigenvalue weighted by Crippen LogP contribution is -2.28. The van der Waals surface area contributed by atoms with Gasteiger partial charge in [-0.15, -0.1) is 12.4 Å². The Balaban J connectivity index is 0.00000288. The highest BCUT2D eigenvalue weighted by atomic mass is 35.5. The van der Waals surface area contributed by atoms with Crippen molar-refractivity contribution in [2.24, 2.45) is 5.73 Å². The zero-order valence-electron chi connectivity index (χ0n) is 13.5. The number of nitrogens with one attached hydrogen (secondary N) is 1. The van der Waals surface area contributed by atoms with E-state index in [1.807, 2.05) is 37.3 Å². The molecule has 0 spiro atoms. The summed E-state index contributed by atoms with van der Waals surface area (Å²) in [6.07, 6.45) is 0.749. The zero-order valence-corrected chi connectivity index (χ0v) is 15.1. The Bertz CT molecular complexity index is 646. The summed E-state index contributed by atoms with van der Waals surface area (Å²) in [5.74, 6) is 0.530. The first-order valence-corrected chi connectivity index (χ1v) is 7.93. The molecule has 0 aliphatic heterocycles. The standard InChI is InChI=1S/C18H21ClN2O2.ClH/c1-13(20)9-10-21-18(22)15-3-2-4-17(11-15)23-12-14-5-7-16(19)8-6-14;/h2-8,11,13H,9-10,12,20H2,1H3,(H,21,22);1H. The molecule has 0 saturated heterocycles. The Hall–Kier alpha value is -1.75. The fourth-order valence-corrected chi connectivity index (χ4v) is 2.12. The van der Waals surface area contributed by atoms with Gasteiger partial charge in [-0.2, -0.15) is 0 Å². The van der Waals surface area contributed by atoms with Crippen molar-refractivity contribution < 1.29 is 9.53 Å². The Labute approximate surface area is 153 Å². The van der Waals surface area contributed by atoms with Crippen molar-refractivity contribution in [2.75, 3.05) is 6.54 Å². The van der Waals surface area contributed by atoms with Gasteiger partial charge in [-0.1, -0.05) is 29.8 Å². The van der Waals surface area contributed by atoms with E-state index in [4.69, 9.17) is 22.1 Å². The molecule has 0 aliphatic rings. The van der Waals surface area contributed by atoms with Crippen molar-refractivity contribution >= 4 is 29.9 Å². The fraction of sp³-hybridized carbons (Fsp3) is 0.278. The molecule has 2 aromatic carbocycles. The van der Waals surface area contributed by atoms with Gasteiger partial charge in [-0.05, 0) is 49.2 Å². The third kappa shape index (κ3) is 6.79. The van der Waals surface area contributed by atoms with E-state index < -0.39 is 0 Å². The number of ether oxygens (including phenoxy) is 1. The molecule has 2 aromatic rings. The lowest BCUT2D eigenvalue weighted by Gasteiger charge is -2.10. The lowest BCUT2D eigenvalue weighted by atomic mass is 10.2. The largest absolute Gasteiger partial charge is 0.489 e. The number of carbonyl (C=O) groups excluding carboxylic acids is 1. The Kier molecular flexibility index (Phi) is 8.61. The van der Waals surface area contributed by atoms with Crippen molar-refractivity contribution in [1.82, 2.24) is 5.32 Å². The number of carbonyl (C=O) groups is 1. The van der Waals surface area contributed by atoms with E-state index in [0.717, 1.165) is 12.0 Å². The maximum atomic E-state index is 12.1. The van der Waals surface area contributed by atoms with Gasteiger partial charge in [-0.25, -0.2) is 0 Å². The van der Waals surface area contributed by atoms with Crippen LogP contribution in [0.4, 0.5) is 0 Å². The maximum Gasteiger partial charge on any atom is 0.251 e. The second-order valence-corrected chi connectivity index (χ2v) is 5.90. The van der Waals surface area contributed by atoms with Gasteiger partial charge in [0.25, 0.3) is 5.91 Å². The van der Waals surface area contributed by atoms with Gasteiger partial charge in [0, 0.05) is 23.2 Å². The summed E-state index contributed by atoms with van der Waals surface area (Å²) in [5, 5.41) is 3.54. The average molecular weight is 369 g/mol. The molecule has 3 N–H and O–H groups in total. The molecule has 0 aromatic heterocycles. The van der Waals surface area contributed by atoms with Crippen LogP contribution < -0.4 is 15.8 Å². The molecular weight excluding hydrogens is 347 g/mol. The monoisotopic (exact) mass is 368 g/mol. The van der Waals surface area contributed by atoms with Crippen molar-refractivity contribution in [1.29, 1.82) is 0 Å². The van der Waals surface area contributed by atoms with E-state index in [0.29, 0.717) is 29.5 Å². The first-order valence-electron chi connectivity index (χ1n) is 7.55. The van der Waals surface area contributed by atoms with Gasteiger partial charge in [0.2, 0.25) is 0 Å². The number of rotatable bonds is 7. The van der Waals surface area contributed by atoms with Gasteiger partial charge < -0.3 is 15.8 Å². The second-order valence-electron chi connectivity index (χ2n) is 5.46. The molecule has 0 saturated carbocycles. The first kappa shape index (κ1) is 20.3. The minimum Gasteiger partial charge on any atom is -0.489 e. The van der Waals surface area contributed by atoms with Crippen molar-refractivity contribution in [3.63, 3.8) is 0 Å². The average Bonchev–Trinajstić information content (AvgIpc) is 2.54. The molecule has 1 atom stereocenters. The molecule has 0 aliphatic carbocycles. The molecule has 1 amide bonds. The topological polar surface area (TPSA) is 64.3 Å².